The SMILES string of the molecule is CCC(C)C(O)c1cc(C)c(F)cc1Cl. The smallest absolute Gasteiger partial charge is 0.127 e. The highest BCUT2D eigenvalue weighted by molar-refractivity contribution is 6.31. The number of hydrogen-bond acceptors (Lipinski definition) is 1. The minimum Gasteiger partial charge on any atom is -0.388 e. The lowest BCUT2D eigenvalue weighted by molar-refractivity contribution is 0.115. The van der Waals surface area contributed by atoms with Crippen molar-refractivity contribution in [2.24, 2.45) is 5.92 Å². The zero-order valence-corrected chi connectivity index (χ0v) is 9.98. The summed E-state index contributed by atoms with van der Waals surface area (Å²) in [6.07, 6.45) is 0.232. The van der Waals surface area contributed by atoms with E-state index in [2.05, 4.69) is 0 Å². The molecule has 0 radical (unpaired) electrons. The maximum Gasteiger partial charge on any atom is 0.127 e. The van der Waals surface area contributed by atoms with E-state index in [9.17, 15) is 9.50 Å². The van der Waals surface area contributed by atoms with Gasteiger partial charge in [0, 0.05) is 5.02 Å². The number of aliphatic hydroxyl groups excluding tert-OH is 1. The van der Waals surface area contributed by atoms with Gasteiger partial charge in [-0.25, -0.2) is 4.39 Å². The van der Waals surface area contributed by atoms with Crippen molar-refractivity contribution in [2.75, 3.05) is 0 Å². The summed E-state index contributed by atoms with van der Waals surface area (Å²) in [5.41, 5.74) is 1.13. The minimum atomic E-state index is -0.623. The monoisotopic (exact) mass is 230 g/mol. The van der Waals surface area contributed by atoms with Crippen molar-refractivity contribution in [2.45, 2.75) is 33.3 Å². The van der Waals surface area contributed by atoms with Crippen LogP contribution in [-0.2, 0) is 0 Å². The predicted molar refractivity (Wildman–Crippen MR) is 60.6 cm³/mol. The summed E-state index contributed by atoms with van der Waals surface area (Å²) in [5, 5.41) is 10.3. The van der Waals surface area contributed by atoms with Crippen LogP contribution >= 0.6 is 11.6 Å². The molecule has 0 heterocycles. The zero-order valence-electron chi connectivity index (χ0n) is 9.22. The Morgan fingerprint density at radius 1 is 1.47 bits per heavy atom. The summed E-state index contributed by atoms with van der Waals surface area (Å²) in [6.45, 7) is 5.61. The van der Waals surface area contributed by atoms with E-state index in [0.717, 1.165) is 6.42 Å². The third-order valence-corrected chi connectivity index (χ3v) is 3.11. The number of halogens is 2. The Morgan fingerprint density at radius 3 is 2.60 bits per heavy atom. The molecule has 1 aromatic rings. The van der Waals surface area contributed by atoms with Gasteiger partial charge in [-0.05, 0) is 36.1 Å². The number of benzene rings is 1. The molecular formula is C12H16ClFO. The van der Waals surface area contributed by atoms with Gasteiger partial charge in [-0.15, -0.1) is 0 Å². The van der Waals surface area contributed by atoms with Crippen LogP contribution in [0.5, 0.6) is 0 Å². The molecule has 84 valence electrons. The first-order valence-corrected chi connectivity index (χ1v) is 5.48. The highest BCUT2D eigenvalue weighted by atomic mass is 35.5. The molecule has 1 N–H and O–H groups in total. The highest BCUT2D eigenvalue weighted by Crippen LogP contribution is 2.31. The van der Waals surface area contributed by atoms with Crippen molar-refractivity contribution in [3.63, 3.8) is 0 Å². The van der Waals surface area contributed by atoms with Crippen molar-refractivity contribution in [1.29, 1.82) is 0 Å². The van der Waals surface area contributed by atoms with E-state index in [0.29, 0.717) is 16.1 Å². The van der Waals surface area contributed by atoms with Crippen LogP contribution in [0.3, 0.4) is 0 Å². The van der Waals surface area contributed by atoms with E-state index < -0.39 is 6.10 Å². The van der Waals surface area contributed by atoms with Crippen LogP contribution in [0, 0.1) is 18.7 Å². The van der Waals surface area contributed by atoms with Gasteiger partial charge in [0.05, 0.1) is 6.10 Å². The summed E-state index contributed by atoms with van der Waals surface area (Å²) >= 11 is 5.90. The first-order chi connectivity index (χ1) is 6.97. The summed E-state index contributed by atoms with van der Waals surface area (Å²) in [4.78, 5) is 0. The van der Waals surface area contributed by atoms with Gasteiger partial charge in [0.15, 0.2) is 0 Å². The van der Waals surface area contributed by atoms with Crippen LogP contribution in [0.15, 0.2) is 12.1 Å². The lowest BCUT2D eigenvalue weighted by Crippen LogP contribution is -2.09. The molecule has 0 fully saturated rings. The summed E-state index contributed by atoms with van der Waals surface area (Å²) < 4.78 is 13.1. The van der Waals surface area contributed by atoms with Gasteiger partial charge >= 0.3 is 0 Å². The number of rotatable bonds is 3. The molecule has 0 aliphatic heterocycles. The van der Waals surface area contributed by atoms with E-state index in [1.54, 1.807) is 13.0 Å². The zero-order chi connectivity index (χ0) is 11.6. The molecule has 1 rings (SSSR count). The highest BCUT2D eigenvalue weighted by Gasteiger charge is 2.18. The molecule has 0 aliphatic carbocycles. The van der Waals surface area contributed by atoms with Crippen LogP contribution in [0.4, 0.5) is 4.39 Å². The fourth-order valence-corrected chi connectivity index (χ4v) is 1.70. The standard InChI is InChI=1S/C12H16ClFO/c1-4-7(2)12(15)9-5-8(3)11(14)6-10(9)13/h5-7,12,15H,4H2,1-3H3. The third-order valence-electron chi connectivity index (χ3n) is 2.78. The van der Waals surface area contributed by atoms with Crippen molar-refractivity contribution in [1.82, 2.24) is 0 Å². The molecule has 0 aromatic heterocycles. The Kier molecular flexibility index (Phi) is 4.12. The Hall–Kier alpha value is -0.600. The fourth-order valence-electron chi connectivity index (χ4n) is 1.44. The molecule has 3 heteroatoms. The summed E-state index contributed by atoms with van der Waals surface area (Å²) in [6, 6.07) is 2.88. The Labute approximate surface area is 94.9 Å². The van der Waals surface area contributed by atoms with Gasteiger partial charge in [-0.3, -0.25) is 0 Å². The van der Waals surface area contributed by atoms with Crippen LogP contribution < -0.4 is 0 Å². The van der Waals surface area contributed by atoms with Crippen molar-refractivity contribution in [3.05, 3.63) is 34.1 Å². The first-order valence-electron chi connectivity index (χ1n) is 5.11. The summed E-state index contributed by atoms with van der Waals surface area (Å²) in [7, 11) is 0. The molecule has 0 saturated carbocycles. The van der Waals surface area contributed by atoms with Gasteiger partial charge in [0.25, 0.3) is 0 Å². The minimum absolute atomic E-state index is 0.118. The fraction of sp³-hybridized carbons (Fsp3) is 0.500. The molecule has 2 unspecified atom stereocenters. The third kappa shape index (κ3) is 2.70. The van der Waals surface area contributed by atoms with E-state index >= 15 is 0 Å². The first kappa shape index (κ1) is 12.5. The van der Waals surface area contributed by atoms with Crippen molar-refractivity contribution in [3.8, 4) is 0 Å². The van der Waals surface area contributed by atoms with Gasteiger partial charge < -0.3 is 5.11 Å². The van der Waals surface area contributed by atoms with E-state index in [1.165, 1.54) is 6.07 Å². The van der Waals surface area contributed by atoms with Crippen LogP contribution in [-0.4, -0.2) is 5.11 Å². The van der Waals surface area contributed by atoms with Gasteiger partial charge in [-0.1, -0.05) is 31.9 Å². The van der Waals surface area contributed by atoms with Crippen LogP contribution in [0.1, 0.15) is 37.5 Å². The average Bonchev–Trinajstić information content (AvgIpc) is 2.21. The second-order valence-corrected chi connectivity index (χ2v) is 4.36. The van der Waals surface area contributed by atoms with E-state index in [-0.39, 0.29) is 11.7 Å². The molecule has 1 aromatic carbocycles. The van der Waals surface area contributed by atoms with Gasteiger partial charge in [-0.2, -0.15) is 0 Å². The Bertz CT molecular complexity index is 352. The predicted octanol–water partition coefficient (Wildman–Crippen LogP) is 3.87. The van der Waals surface area contributed by atoms with Crippen LogP contribution in [0.25, 0.3) is 0 Å². The largest absolute Gasteiger partial charge is 0.388 e. The van der Waals surface area contributed by atoms with Gasteiger partial charge in [0.2, 0.25) is 0 Å². The molecule has 15 heavy (non-hydrogen) atoms. The van der Waals surface area contributed by atoms with Crippen LogP contribution in [0.2, 0.25) is 5.02 Å². The van der Waals surface area contributed by atoms with E-state index in [4.69, 9.17) is 11.6 Å². The normalized spacial score (nSPS) is 15.1. The maximum atomic E-state index is 13.1. The molecule has 0 amide bonds. The molecular weight excluding hydrogens is 215 g/mol. The molecule has 0 spiro atoms. The summed E-state index contributed by atoms with van der Waals surface area (Å²) in [5.74, 6) is -0.215. The quantitative estimate of drug-likeness (QED) is 0.836. The molecule has 1 nitrogen and oxygen atoms in total. The van der Waals surface area contributed by atoms with Crippen molar-refractivity contribution >= 4 is 11.6 Å². The second-order valence-electron chi connectivity index (χ2n) is 3.95. The second kappa shape index (κ2) is 4.95. The van der Waals surface area contributed by atoms with E-state index in [1.807, 2.05) is 13.8 Å². The average molecular weight is 231 g/mol. The lowest BCUT2D eigenvalue weighted by atomic mass is 9.94. The Balaban J connectivity index is 3.09. The number of aliphatic hydroxyl groups is 1. The van der Waals surface area contributed by atoms with Crippen molar-refractivity contribution < 1.29 is 9.50 Å². The lowest BCUT2D eigenvalue weighted by Gasteiger charge is -2.19. The van der Waals surface area contributed by atoms with Gasteiger partial charge in [0.1, 0.15) is 5.82 Å². The molecule has 0 aliphatic rings. The molecule has 2 atom stereocenters. The number of hydrogen-bond donors (Lipinski definition) is 1. The maximum absolute atomic E-state index is 13.1. The molecule has 0 saturated heterocycles. The topological polar surface area (TPSA) is 20.2 Å². The number of aryl methyl sites for hydroxylation is 1. The Morgan fingerprint density at radius 2 is 2.07 bits per heavy atom. The molecule has 0 bridgehead atoms.